The Morgan fingerprint density at radius 2 is 2.00 bits per heavy atom. The maximum absolute atomic E-state index is 12.5. The van der Waals surface area contributed by atoms with E-state index >= 15 is 0 Å². The summed E-state index contributed by atoms with van der Waals surface area (Å²) in [4.78, 5) is 12.5. The monoisotopic (exact) mass is 290 g/mol. The smallest absolute Gasteiger partial charge is 0.249 e. The van der Waals surface area contributed by atoms with Crippen LogP contribution in [-0.2, 0) is 9.53 Å². The van der Waals surface area contributed by atoms with Crippen molar-refractivity contribution in [3.63, 3.8) is 0 Å². The van der Waals surface area contributed by atoms with E-state index in [1.165, 1.54) is 0 Å². The molecule has 1 aliphatic rings. The molecule has 0 radical (unpaired) electrons. The number of ether oxygens (including phenoxy) is 1. The Morgan fingerprint density at radius 1 is 1.33 bits per heavy atom. The lowest BCUT2D eigenvalue weighted by atomic mass is 9.82. The van der Waals surface area contributed by atoms with Gasteiger partial charge >= 0.3 is 0 Å². The van der Waals surface area contributed by atoms with Gasteiger partial charge in [-0.2, -0.15) is 0 Å². The van der Waals surface area contributed by atoms with E-state index in [1.807, 2.05) is 30.3 Å². The van der Waals surface area contributed by atoms with Crippen molar-refractivity contribution in [2.45, 2.75) is 51.9 Å². The fourth-order valence-corrected chi connectivity index (χ4v) is 2.75. The number of carbonyl (C=O) groups is 1. The second-order valence-electron chi connectivity index (χ2n) is 6.78. The van der Waals surface area contributed by atoms with E-state index in [0.717, 1.165) is 18.4 Å². The Bertz CT molecular complexity index is 467. The number of benzene rings is 1. The van der Waals surface area contributed by atoms with Crippen LogP contribution in [0, 0.1) is 5.41 Å². The summed E-state index contributed by atoms with van der Waals surface area (Å²) in [5.41, 5.74) is 6.65. The first-order chi connectivity index (χ1) is 9.91. The molecule has 0 bridgehead atoms. The highest BCUT2D eigenvalue weighted by Crippen LogP contribution is 2.33. The molecule has 1 aromatic rings. The molecule has 21 heavy (non-hydrogen) atoms. The van der Waals surface area contributed by atoms with E-state index in [9.17, 15) is 4.79 Å². The molecule has 3 unspecified atom stereocenters. The molecule has 116 valence electrons. The van der Waals surface area contributed by atoms with Crippen LogP contribution in [-0.4, -0.2) is 24.7 Å². The Kier molecular flexibility index (Phi) is 5.01. The number of hydrogen-bond donors (Lipinski definition) is 2. The molecule has 1 saturated heterocycles. The zero-order chi connectivity index (χ0) is 15.5. The number of hydrogen-bond acceptors (Lipinski definition) is 3. The molecule has 0 spiro atoms. The summed E-state index contributed by atoms with van der Waals surface area (Å²) in [7, 11) is 0. The van der Waals surface area contributed by atoms with Crippen LogP contribution in [0.4, 0.5) is 0 Å². The van der Waals surface area contributed by atoms with E-state index in [4.69, 9.17) is 10.5 Å². The van der Waals surface area contributed by atoms with E-state index in [2.05, 4.69) is 26.1 Å². The minimum absolute atomic E-state index is 0.0190. The quantitative estimate of drug-likeness (QED) is 0.895. The van der Waals surface area contributed by atoms with Gasteiger partial charge in [-0.15, -0.1) is 0 Å². The second kappa shape index (κ2) is 6.58. The number of amides is 1. The van der Waals surface area contributed by atoms with Gasteiger partial charge in [-0.3, -0.25) is 4.79 Å². The van der Waals surface area contributed by atoms with Crippen LogP contribution in [0.5, 0.6) is 0 Å². The van der Waals surface area contributed by atoms with Crippen LogP contribution >= 0.6 is 0 Å². The second-order valence-corrected chi connectivity index (χ2v) is 6.78. The van der Waals surface area contributed by atoms with Gasteiger partial charge in [-0.1, -0.05) is 51.1 Å². The highest BCUT2D eigenvalue weighted by atomic mass is 16.5. The normalized spacial score (nSPS) is 23.8. The molecule has 1 amide bonds. The molecule has 0 saturated carbocycles. The first-order valence-corrected chi connectivity index (χ1v) is 7.62. The minimum Gasteiger partial charge on any atom is -0.364 e. The van der Waals surface area contributed by atoms with Gasteiger partial charge in [0.25, 0.3) is 0 Å². The van der Waals surface area contributed by atoms with Gasteiger partial charge in [-0.25, -0.2) is 0 Å². The van der Waals surface area contributed by atoms with Crippen molar-refractivity contribution in [1.82, 2.24) is 5.32 Å². The van der Waals surface area contributed by atoms with Crippen molar-refractivity contribution >= 4 is 5.91 Å². The summed E-state index contributed by atoms with van der Waals surface area (Å²) in [5.74, 6) is -0.0327. The van der Waals surface area contributed by atoms with Crippen molar-refractivity contribution in [2.24, 2.45) is 11.1 Å². The Morgan fingerprint density at radius 3 is 2.52 bits per heavy atom. The molecule has 3 atom stereocenters. The molecule has 4 heteroatoms. The van der Waals surface area contributed by atoms with Crippen LogP contribution in [0.25, 0.3) is 0 Å². The van der Waals surface area contributed by atoms with E-state index < -0.39 is 0 Å². The lowest BCUT2D eigenvalue weighted by molar-refractivity contribution is -0.133. The van der Waals surface area contributed by atoms with Crippen LogP contribution in [0.15, 0.2) is 30.3 Å². The largest absolute Gasteiger partial charge is 0.364 e. The summed E-state index contributed by atoms with van der Waals surface area (Å²) in [6.07, 6.45) is 1.26. The molecule has 1 aromatic carbocycles. The van der Waals surface area contributed by atoms with Crippen LogP contribution < -0.4 is 11.1 Å². The van der Waals surface area contributed by atoms with Crippen LogP contribution in [0.3, 0.4) is 0 Å². The zero-order valence-electron chi connectivity index (χ0n) is 13.1. The van der Waals surface area contributed by atoms with Gasteiger partial charge < -0.3 is 15.8 Å². The summed E-state index contributed by atoms with van der Waals surface area (Å²) >= 11 is 0. The number of nitrogens with one attached hydrogen (secondary N) is 1. The third kappa shape index (κ3) is 4.05. The molecule has 4 nitrogen and oxygen atoms in total. The SMILES string of the molecule is CC(C)(C)C(NC(=O)C1CCC(CN)O1)c1ccccc1. The van der Waals surface area contributed by atoms with Gasteiger partial charge in [0.05, 0.1) is 12.1 Å². The maximum atomic E-state index is 12.5. The number of nitrogens with two attached hydrogens (primary N) is 1. The van der Waals surface area contributed by atoms with E-state index in [1.54, 1.807) is 0 Å². The number of rotatable bonds is 4. The van der Waals surface area contributed by atoms with Crippen molar-refractivity contribution in [2.75, 3.05) is 6.54 Å². The van der Waals surface area contributed by atoms with Gasteiger partial charge in [0.1, 0.15) is 6.10 Å². The Balaban J connectivity index is 2.08. The highest BCUT2D eigenvalue weighted by molar-refractivity contribution is 5.81. The molecule has 3 N–H and O–H groups in total. The van der Waals surface area contributed by atoms with Crippen molar-refractivity contribution in [3.05, 3.63) is 35.9 Å². The fourth-order valence-electron chi connectivity index (χ4n) is 2.75. The van der Waals surface area contributed by atoms with Crippen LogP contribution in [0.2, 0.25) is 0 Å². The van der Waals surface area contributed by atoms with Crippen molar-refractivity contribution in [3.8, 4) is 0 Å². The van der Waals surface area contributed by atoms with E-state index in [-0.39, 0.29) is 29.6 Å². The Labute approximate surface area is 127 Å². The fraction of sp³-hybridized carbons (Fsp3) is 0.588. The topological polar surface area (TPSA) is 64.4 Å². The lowest BCUT2D eigenvalue weighted by Crippen LogP contribution is -2.42. The summed E-state index contributed by atoms with van der Waals surface area (Å²) in [5, 5.41) is 3.16. The predicted molar refractivity (Wildman–Crippen MR) is 83.7 cm³/mol. The predicted octanol–water partition coefficient (Wildman–Crippen LogP) is 2.40. The molecule has 0 aliphatic carbocycles. The molecule has 2 rings (SSSR count). The van der Waals surface area contributed by atoms with Gasteiger partial charge in [0.15, 0.2) is 0 Å². The maximum Gasteiger partial charge on any atom is 0.249 e. The molecule has 1 aliphatic heterocycles. The third-order valence-electron chi connectivity index (χ3n) is 3.95. The van der Waals surface area contributed by atoms with Crippen LogP contribution in [0.1, 0.15) is 45.2 Å². The average Bonchev–Trinajstić information content (AvgIpc) is 2.93. The molecule has 1 heterocycles. The van der Waals surface area contributed by atoms with Gasteiger partial charge in [0, 0.05) is 6.54 Å². The first-order valence-electron chi connectivity index (χ1n) is 7.62. The molecular formula is C17H26N2O2. The standard InChI is InChI=1S/C17H26N2O2/c1-17(2,3)15(12-7-5-4-6-8-12)19-16(20)14-10-9-13(11-18)21-14/h4-8,13-15H,9-11,18H2,1-3H3,(H,19,20). The minimum atomic E-state index is -0.368. The summed E-state index contributed by atoms with van der Waals surface area (Å²) in [6, 6.07) is 10.0. The van der Waals surface area contributed by atoms with Crippen molar-refractivity contribution in [1.29, 1.82) is 0 Å². The van der Waals surface area contributed by atoms with Crippen molar-refractivity contribution < 1.29 is 9.53 Å². The highest BCUT2D eigenvalue weighted by Gasteiger charge is 2.34. The first kappa shape index (κ1) is 16.0. The summed E-state index contributed by atoms with van der Waals surface area (Å²) < 4.78 is 5.68. The van der Waals surface area contributed by atoms with Gasteiger partial charge in [-0.05, 0) is 23.8 Å². The average molecular weight is 290 g/mol. The zero-order valence-corrected chi connectivity index (χ0v) is 13.1. The molecule has 0 aromatic heterocycles. The molecular weight excluding hydrogens is 264 g/mol. The summed E-state index contributed by atoms with van der Waals surface area (Å²) in [6.45, 7) is 6.86. The lowest BCUT2D eigenvalue weighted by Gasteiger charge is -2.32. The third-order valence-corrected chi connectivity index (χ3v) is 3.95. The van der Waals surface area contributed by atoms with E-state index in [0.29, 0.717) is 6.54 Å². The number of carbonyl (C=O) groups excluding carboxylic acids is 1. The Hall–Kier alpha value is -1.39. The van der Waals surface area contributed by atoms with Gasteiger partial charge in [0.2, 0.25) is 5.91 Å². The molecule has 1 fully saturated rings.